The summed E-state index contributed by atoms with van der Waals surface area (Å²) in [5, 5.41) is 6.51. The SMILES string of the molecule is CCCn1nccc1C(=O)CNC(=O)OC(C)(C)C. The van der Waals surface area contributed by atoms with Crippen molar-refractivity contribution in [3.05, 3.63) is 18.0 Å². The van der Waals surface area contributed by atoms with E-state index in [0.29, 0.717) is 12.2 Å². The fourth-order valence-corrected chi connectivity index (χ4v) is 1.52. The number of rotatable bonds is 5. The van der Waals surface area contributed by atoms with Crippen LogP contribution >= 0.6 is 0 Å². The molecule has 0 fully saturated rings. The summed E-state index contributed by atoms with van der Waals surface area (Å²) in [6, 6.07) is 1.65. The number of amides is 1. The smallest absolute Gasteiger partial charge is 0.408 e. The van der Waals surface area contributed by atoms with Crippen molar-refractivity contribution < 1.29 is 14.3 Å². The van der Waals surface area contributed by atoms with Crippen molar-refractivity contribution in [2.24, 2.45) is 0 Å². The number of alkyl carbamates (subject to hydrolysis) is 1. The van der Waals surface area contributed by atoms with E-state index in [2.05, 4.69) is 10.4 Å². The van der Waals surface area contributed by atoms with Gasteiger partial charge in [0.1, 0.15) is 11.3 Å². The fourth-order valence-electron chi connectivity index (χ4n) is 1.52. The minimum absolute atomic E-state index is 0.0929. The highest BCUT2D eigenvalue weighted by atomic mass is 16.6. The van der Waals surface area contributed by atoms with Crippen LogP contribution in [0, 0.1) is 0 Å². The van der Waals surface area contributed by atoms with Crippen molar-refractivity contribution >= 4 is 11.9 Å². The Balaban J connectivity index is 2.51. The molecule has 0 aliphatic rings. The van der Waals surface area contributed by atoms with E-state index in [1.165, 1.54) is 0 Å². The zero-order valence-corrected chi connectivity index (χ0v) is 11.9. The van der Waals surface area contributed by atoms with E-state index >= 15 is 0 Å². The molecule has 0 aliphatic carbocycles. The molecule has 19 heavy (non-hydrogen) atoms. The van der Waals surface area contributed by atoms with Gasteiger partial charge in [-0.3, -0.25) is 9.48 Å². The van der Waals surface area contributed by atoms with Gasteiger partial charge in [-0.25, -0.2) is 4.79 Å². The number of nitrogens with zero attached hydrogens (tertiary/aromatic N) is 2. The van der Waals surface area contributed by atoms with Gasteiger partial charge in [-0.15, -0.1) is 0 Å². The lowest BCUT2D eigenvalue weighted by atomic mass is 10.2. The van der Waals surface area contributed by atoms with Crippen LogP contribution in [0.4, 0.5) is 4.79 Å². The number of Topliss-reactive ketones (excluding diaryl/α,β-unsaturated/α-hetero) is 1. The first kappa shape index (κ1) is 15.2. The Bertz CT molecular complexity index is 446. The van der Waals surface area contributed by atoms with Crippen LogP contribution in [0.15, 0.2) is 12.3 Å². The Morgan fingerprint density at radius 3 is 2.68 bits per heavy atom. The summed E-state index contributed by atoms with van der Waals surface area (Å²) in [5.41, 5.74) is -0.0742. The number of ketones is 1. The number of nitrogens with one attached hydrogen (secondary N) is 1. The maximum atomic E-state index is 11.9. The highest BCUT2D eigenvalue weighted by Gasteiger charge is 2.18. The van der Waals surface area contributed by atoms with Crippen molar-refractivity contribution in [3.63, 3.8) is 0 Å². The van der Waals surface area contributed by atoms with E-state index in [1.54, 1.807) is 37.7 Å². The molecule has 1 heterocycles. The van der Waals surface area contributed by atoms with Gasteiger partial charge in [0, 0.05) is 12.7 Å². The number of hydrogen-bond acceptors (Lipinski definition) is 4. The summed E-state index contributed by atoms with van der Waals surface area (Å²) in [6.45, 7) is 7.90. The second-order valence-corrected chi connectivity index (χ2v) is 5.22. The molecule has 0 radical (unpaired) electrons. The van der Waals surface area contributed by atoms with Crippen LogP contribution in [0.25, 0.3) is 0 Å². The summed E-state index contributed by atoms with van der Waals surface area (Å²) in [5.74, 6) is -0.184. The predicted molar refractivity (Wildman–Crippen MR) is 71.1 cm³/mol. The second kappa shape index (κ2) is 6.36. The first-order valence-corrected chi connectivity index (χ1v) is 6.35. The highest BCUT2D eigenvalue weighted by molar-refractivity contribution is 5.97. The van der Waals surface area contributed by atoms with Crippen molar-refractivity contribution in [1.82, 2.24) is 15.1 Å². The normalized spacial score (nSPS) is 11.2. The van der Waals surface area contributed by atoms with E-state index < -0.39 is 11.7 Å². The van der Waals surface area contributed by atoms with Gasteiger partial charge < -0.3 is 10.1 Å². The number of carbonyl (C=O) groups is 2. The van der Waals surface area contributed by atoms with Gasteiger partial charge in [0.2, 0.25) is 0 Å². The largest absolute Gasteiger partial charge is 0.444 e. The summed E-state index contributed by atoms with van der Waals surface area (Å²) >= 11 is 0. The topological polar surface area (TPSA) is 73.2 Å². The zero-order chi connectivity index (χ0) is 14.5. The van der Waals surface area contributed by atoms with Crippen molar-refractivity contribution in [3.8, 4) is 0 Å². The molecule has 0 unspecified atom stereocenters. The van der Waals surface area contributed by atoms with Crippen LogP contribution < -0.4 is 5.32 Å². The molecule has 0 saturated heterocycles. The molecular weight excluding hydrogens is 246 g/mol. The van der Waals surface area contributed by atoms with Gasteiger partial charge in [0.15, 0.2) is 5.78 Å². The number of ether oxygens (including phenoxy) is 1. The number of aryl methyl sites for hydroxylation is 1. The molecule has 0 atom stereocenters. The summed E-state index contributed by atoms with van der Waals surface area (Å²) in [7, 11) is 0. The van der Waals surface area contributed by atoms with Crippen LogP contribution in [-0.2, 0) is 11.3 Å². The van der Waals surface area contributed by atoms with Gasteiger partial charge in [0.05, 0.1) is 6.54 Å². The molecule has 1 aromatic heterocycles. The molecule has 6 nitrogen and oxygen atoms in total. The minimum Gasteiger partial charge on any atom is -0.444 e. The summed E-state index contributed by atoms with van der Waals surface area (Å²) in [4.78, 5) is 23.4. The van der Waals surface area contributed by atoms with Crippen LogP contribution in [0.5, 0.6) is 0 Å². The van der Waals surface area contributed by atoms with E-state index in [0.717, 1.165) is 6.42 Å². The van der Waals surface area contributed by atoms with Crippen molar-refractivity contribution in [1.29, 1.82) is 0 Å². The average molecular weight is 267 g/mol. The molecule has 0 bridgehead atoms. The Kier molecular flexibility index (Phi) is 5.09. The predicted octanol–water partition coefficient (Wildman–Crippen LogP) is 2.00. The van der Waals surface area contributed by atoms with Crippen molar-refractivity contribution in [2.75, 3.05) is 6.54 Å². The molecule has 6 heteroatoms. The Hall–Kier alpha value is -1.85. The van der Waals surface area contributed by atoms with Gasteiger partial charge >= 0.3 is 6.09 Å². The monoisotopic (exact) mass is 267 g/mol. The van der Waals surface area contributed by atoms with Crippen LogP contribution in [0.2, 0.25) is 0 Å². The molecule has 1 N–H and O–H groups in total. The Morgan fingerprint density at radius 1 is 1.42 bits per heavy atom. The quantitative estimate of drug-likeness (QED) is 0.828. The standard InChI is InChI=1S/C13H21N3O3/c1-5-8-16-10(6-7-15-16)11(17)9-14-12(18)19-13(2,3)4/h6-7H,5,8-9H2,1-4H3,(H,14,18). The summed E-state index contributed by atoms with van der Waals surface area (Å²) in [6.07, 6.45) is 1.88. The molecule has 1 aromatic rings. The molecular formula is C13H21N3O3. The minimum atomic E-state index is -0.595. The zero-order valence-electron chi connectivity index (χ0n) is 11.9. The average Bonchev–Trinajstić information content (AvgIpc) is 2.72. The van der Waals surface area contributed by atoms with Crippen LogP contribution in [0.3, 0.4) is 0 Å². The first-order chi connectivity index (χ1) is 8.83. The third-order valence-electron chi connectivity index (χ3n) is 2.23. The van der Waals surface area contributed by atoms with Gasteiger partial charge in [-0.1, -0.05) is 6.92 Å². The number of hydrogen-bond donors (Lipinski definition) is 1. The van der Waals surface area contributed by atoms with E-state index in [9.17, 15) is 9.59 Å². The molecule has 0 aliphatic heterocycles. The highest BCUT2D eigenvalue weighted by Crippen LogP contribution is 2.06. The third kappa shape index (κ3) is 5.11. The molecule has 0 aromatic carbocycles. The molecule has 0 saturated carbocycles. The van der Waals surface area contributed by atoms with E-state index in [1.807, 2.05) is 6.92 Å². The van der Waals surface area contributed by atoms with Crippen LogP contribution in [0.1, 0.15) is 44.6 Å². The molecule has 1 rings (SSSR count). The van der Waals surface area contributed by atoms with Gasteiger partial charge in [-0.2, -0.15) is 5.10 Å². The van der Waals surface area contributed by atoms with Crippen molar-refractivity contribution in [2.45, 2.75) is 46.3 Å². The lowest BCUT2D eigenvalue weighted by molar-refractivity contribution is 0.0520. The van der Waals surface area contributed by atoms with Gasteiger partial charge in [-0.05, 0) is 33.3 Å². The Labute approximate surface area is 113 Å². The molecule has 0 spiro atoms. The van der Waals surface area contributed by atoms with Gasteiger partial charge in [0.25, 0.3) is 0 Å². The van der Waals surface area contributed by atoms with E-state index in [-0.39, 0.29) is 12.3 Å². The number of aromatic nitrogens is 2. The lowest BCUT2D eigenvalue weighted by Crippen LogP contribution is -2.36. The lowest BCUT2D eigenvalue weighted by Gasteiger charge is -2.19. The third-order valence-corrected chi connectivity index (χ3v) is 2.23. The molecule has 106 valence electrons. The maximum Gasteiger partial charge on any atom is 0.408 e. The fraction of sp³-hybridized carbons (Fsp3) is 0.615. The Morgan fingerprint density at radius 2 is 2.11 bits per heavy atom. The summed E-state index contributed by atoms with van der Waals surface area (Å²) < 4.78 is 6.70. The molecule has 1 amide bonds. The van der Waals surface area contributed by atoms with Crippen LogP contribution in [-0.4, -0.2) is 33.8 Å². The maximum absolute atomic E-state index is 11.9. The second-order valence-electron chi connectivity index (χ2n) is 5.22. The first-order valence-electron chi connectivity index (χ1n) is 6.35. The van der Waals surface area contributed by atoms with E-state index in [4.69, 9.17) is 4.74 Å². The number of carbonyl (C=O) groups excluding carboxylic acids is 2.